The summed E-state index contributed by atoms with van der Waals surface area (Å²) < 4.78 is 23.9. The summed E-state index contributed by atoms with van der Waals surface area (Å²) >= 11 is 0. The van der Waals surface area contributed by atoms with Crippen LogP contribution in [-0.4, -0.2) is 36.8 Å². The van der Waals surface area contributed by atoms with Gasteiger partial charge in [0.15, 0.2) is 15.5 Å². The maximum Gasteiger partial charge on any atom is 0.276 e. The summed E-state index contributed by atoms with van der Waals surface area (Å²) in [5.74, 6) is -0.195. The van der Waals surface area contributed by atoms with E-state index in [0.717, 1.165) is 29.8 Å². The van der Waals surface area contributed by atoms with E-state index in [1.165, 1.54) is 6.07 Å². The third-order valence-electron chi connectivity index (χ3n) is 4.32. The maximum atomic E-state index is 12.4. The molecule has 0 aliphatic carbocycles. The van der Waals surface area contributed by atoms with Crippen molar-refractivity contribution in [3.05, 3.63) is 40.7 Å². The van der Waals surface area contributed by atoms with E-state index in [4.69, 9.17) is 0 Å². The van der Waals surface area contributed by atoms with Gasteiger partial charge in [0.05, 0.1) is 10.6 Å². The summed E-state index contributed by atoms with van der Waals surface area (Å²) in [6, 6.07) is 5.03. The summed E-state index contributed by atoms with van der Waals surface area (Å²) in [4.78, 5) is 12.8. The van der Waals surface area contributed by atoms with Gasteiger partial charge in [0.25, 0.3) is 5.91 Å². The molecule has 0 bridgehead atoms. The number of nitrogens with one attached hydrogen (secondary N) is 3. The molecule has 1 aromatic heterocycles. The number of carbonyl (C=O) groups is 1. The lowest BCUT2D eigenvalue weighted by atomic mass is 10.1. The van der Waals surface area contributed by atoms with E-state index in [1.807, 2.05) is 0 Å². The molecule has 2 aromatic rings. The molecule has 0 spiro atoms. The Morgan fingerprint density at radius 3 is 2.92 bits per heavy atom. The number of aryl methyl sites for hydroxylation is 1. The molecule has 0 radical (unpaired) electrons. The highest BCUT2D eigenvalue weighted by Crippen LogP contribution is 2.28. The first kappa shape index (κ1) is 16.9. The maximum absolute atomic E-state index is 12.4. The van der Waals surface area contributed by atoms with E-state index in [-0.39, 0.29) is 24.1 Å². The lowest BCUT2D eigenvalue weighted by molar-refractivity contribution is 0.102. The Morgan fingerprint density at radius 1 is 1.25 bits per heavy atom. The number of sulfone groups is 1. The fourth-order valence-corrected chi connectivity index (χ4v) is 4.67. The highest BCUT2D eigenvalue weighted by molar-refractivity contribution is 7.91. The van der Waals surface area contributed by atoms with Crippen molar-refractivity contribution in [2.75, 3.05) is 17.6 Å². The lowest BCUT2D eigenvalue weighted by Gasteiger charge is -2.13. The second-order valence-corrected chi connectivity index (χ2v) is 7.88. The number of hydrogen-bond acceptors (Lipinski definition) is 5. The minimum absolute atomic E-state index is 0. The smallest absolute Gasteiger partial charge is 0.276 e. The van der Waals surface area contributed by atoms with Crippen LogP contribution < -0.4 is 10.6 Å². The van der Waals surface area contributed by atoms with E-state index in [2.05, 4.69) is 20.8 Å². The average Bonchev–Trinajstić information content (AvgIpc) is 3.09. The zero-order chi connectivity index (χ0) is 16.0. The van der Waals surface area contributed by atoms with E-state index in [0.29, 0.717) is 29.2 Å². The van der Waals surface area contributed by atoms with Crippen LogP contribution in [0.1, 0.15) is 27.3 Å². The molecule has 1 amide bonds. The van der Waals surface area contributed by atoms with Gasteiger partial charge in [-0.3, -0.25) is 9.89 Å². The molecule has 24 heavy (non-hydrogen) atoms. The molecule has 4 rings (SSSR count). The Labute approximate surface area is 145 Å². The molecule has 7 nitrogen and oxygen atoms in total. The van der Waals surface area contributed by atoms with Gasteiger partial charge in [-0.2, -0.15) is 5.10 Å². The Bertz CT molecular complexity index is 907. The normalized spacial score (nSPS) is 17.5. The minimum atomic E-state index is -3.22. The number of aromatic amines is 1. The van der Waals surface area contributed by atoms with Gasteiger partial charge < -0.3 is 10.6 Å². The molecule has 128 valence electrons. The van der Waals surface area contributed by atoms with Crippen molar-refractivity contribution in [2.45, 2.75) is 24.3 Å². The molecule has 0 saturated carbocycles. The summed E-state index contributed by atoms with van der Waals surface area (Å²) in [6.07, 6.45) is 1.34. The molecule has 2 aliphatic heterocycles. The first-order valence-electron chi connectivity index (χ1n) is 7.48. The second-order valence-electron chi connectivity index (χ2n) is 5.80. The molecule has 3 heterocycles. The van der Waals surface area contributed by atoms with Crippen molar-refractivity contribution >= 4 is 33.8 Å². The van der Waals surface area contributed by atoms with Crippen molar-refractivity contribution in [1.82, 2.24) is 15.5 Å². The number of halogens is 1. The number of amides is 1. The molecule has 2 aliphatic rings. The molecule has 0 atom stereocenters. The first-order valence-corrected chi connectivity index (χ1v) is 9.14. The molecule has 1 aromatic carbocycles. The van der Waals surface area contributed by atoms with Gasteiger partial charge in [-0.25, -0.2) is 8.42 Å². The van der Waals surface area contributed by atoms with E-state index in [9.17, 15) is 13.2 Å². The Balaban J connectivity index is 0.00000169. The largest absolute Gasteiger partial charge is 0.321 e. The third-order valence-corrected chi connectivity index (χ3v) is 6.11. The predicted molar refractivity (Wildman–Crippen MR) is 91.4 cm³/mol. The van der Waals surface area contributed by atoms with Crippen LogP contribution in [0.25, 0.3) is 0 Å². The van der Waals surface area contributed by atoms with E-state index < -0.39 is 9.84 Å². The average molecular weight is 369 g/mol. The van der Waals surface area contributed by atoms with Crippen molar-refractivity contribution in [2.24, 2.45) is 0 Å². The summed E-state index contributed by atoms with van der Waals surface area (Å²) in [7, 11) is -3.22. The van der Waals surface area contributed by atoms with Crippen LogP contribution in [0.4, 0.5) is 5.69 Å². The summed E-state index contributed by atoms with van der Waals surface area (Å²) in [6.45, 7) is 1.46. The first-order chi connectivity index (χ1) is 11.0. The zero-order valence-electron chi connectivity index (χ0n) is 12.8. The van der Waals surface area contributed by atoms with Crippen LogP contribution in [-0.2, 0) is 29.2 Å². The number of aromatic nitrogens is 2. The second kappa shape index (κ2) is 6.19. The van der Waals surface area contributed by atoms with Crippen LogP contribution in [0.2, 0.25) is 0 Å². The van der Waals surface area contributed by atoms with Crippen LogP contribution in [0.3, 0.4) is 0 Å². The Morgan fingerprint density at radius 2 is 2.08 bits per heavy atom. The van der Waals surface area contributed by atoms with Gasteiger partial charge in [-0.15, -0.1) is 12.4 Å². The van der Waals surface area contributed by atoms with Gasteiger partial charge in [0.1, 0.15) is 0 Å². The lowest BCUT2D eigenvalue weighted by Crippen LogP contribution is -2.25. The fraction of sp³-hybridized carbons (Fsp3) is 0.333. The monoisotopic (exact) mass is 368 g/mol. The number of benzene rings is 1. The zero-order valence-corrected chi connectivity index (χ0v) is 14.4. The number of nitrogens with zero attached hydrogens (tertiary/aromatic N) is 1. The number of rotatable bonds is 2. The molecular formula is C15H17ClN4O3S. The van der Waals surface area contributed by atoms with Gasteiger partial charge >= 0.3 is 0 Å². The third kappa shape index (κ3) is 2.81. The van der Waals surface area contributed by atoms with Gasteiger partial charge in [-0.05, 0) is 24.1 Å². The number of H-pyrrole nitrogens is 1. The molecule has 9 heteroatoms. The Kier molecular flexibility index (Phi) is 4.37. The topological polar surface area (TPSA) is 104 Å². The summed E-state index contributed by atoms with van der Waals surface area (Å²) in [5.41, 5.74) is 3.49. The van der Waals surface area contributed by atoms with Crippen molar-refractivity contribution in [3.63, 3.8) is 0 Å². The van der Waals surface area contributed by atoms with Gasteiger partial charge in [-0.1, -0.05) is 6.07 Å². The SMILES string of the molecule is Cl.O=C(Nc1ccc2c(c1)S(=O)(=O)CC2)c1n[nH]c2c1CNCC2. The highest BCUT2D eigenvalue weighted by atomic mass is 35.5. The van der Waals surface area contributed by atoms with Gasteiger partial charge in [0, 0.05) is 36.5 Å². The van der Waals surface area contributed by atoms with Gasteiger partial charge in [0.2, 0.25) is 0 Å². The molecule has 3 N–H and O–H groups in total. The number of hydrogen-bond donors (Lipinski definition) is 3. The standard InChI is InChI=1S/C15H16N4O3S.ClH/c20-15(14-11-8-16-5-3-12(11)18-19-14)17-10-2-1-9-4-6-23(21,22)13(9)7-10;/h1-2,7,16H,3-6,8H2,(H,17,20)(H,18,19);1H. The predicted octanol–water partition coefficient (Wildman–Crippen LogP) is 1.06. The fourth-order valence-electron chi connectivity index (χ4n) is 3.09. The quantitative estimate of drug-likeness (QED) is 0.735. The van der Waals surface area contributed by atoms with Crippen molar-refractivity contribution < 1.29 is 13.2 Å². The molecule has 0 unspecified atom stereocenters. The highest BCUT2D eigenvalue weighted by Gasteiger charge is 2.27. The van der Waals surface area contributed by atoms with Crippen LogP contribution in [0, 0.1) is 0 Å². The minimum Gasteiger partial charge on any atom is -0.321 e. The van der Waals surface area contributed by atoms with Crippen molar-refractivity contribution in [3.8, 4) is 0 Å². The number of anilines is 1. The number of fused-ring (bicyclic) bond motifs is 2. The Hall–Kier alpha value is -1.90. The molecular weight excluding hydrogens is 352 g/mol. The summed E-state index contributed by atoms with van der Waals surface area (Å²) in [5, 5.41) is 13.0. The van der Waals surface area contributed by atoms with Crippen LogP contribution in [0.5, 0.6) is 0 Å². The number of carbonyl (C=O) groups excluding carboxylic acids is 1. The molecule has 0 saturated heterocycles. The van der Waals surface area contributed by atoms with E-state index >= 15 is 0 Å². The van der Waals surface area contributed by atoms with Crippen LogP contribution >= 0.6 is 12.4 Å². The van der Waals surface area contributed by atoms with Crippen molar-refractivity contribution in [1.29, 1.82) is 0 Å². The molecule has 0 fully saturated rings. The van der Waals surface area contributed by atoms with Crippen LogP contribution in [0.15, 0.2) is 23.1 Å². The van der Waals surface area contributed by atoms with E-state index in [1.54, 1.807) is 12.1 Å².